The first-order chi connectivity index (χ1) is 12.6. The van der Waals surface area contributed by atoms with Gasteiger partial charge in [0.05, 0.1) is 9.79 Å². The Morgan fingerprint density at radius 1 is 0.778 bits per heavy atom. The molecule has 27 heavy (non-hydrogen) atoms. The van der Waals surface area contributed by atoms with E-state index < -0.39 is 20.0 Å². The molecule has 152 valence electrons. The molecule has 2 fully saturated rings. The van der Waals surface area contributed by atoms with Crippen LogP contribution in [-0.4, -0.2) is 50.6 Å². The number of hydrogen-bond acceptors (Lipinski definition) is 4. The van der Waals surface area contributed by atoms with E-state index >= 15 is 0 Å². The maximum absolute atomic E-state index is 13.1. The molecule has 0 saturated carbocycles. The predicted molar refractivity (Wildman–Crippen MR) is 105 cm³/mol. The highest BCUT2D eigenvalue weighted by Gasteiger charge is 2.36. The molecule has 0 radical (unpaired) electrons. The SMILES string of the molecule is C[C@@H]1CCCN(S(=O)(=O)c2ccc(S(=O)(=O)N3[C@H](C)CCC[C@@H]3C)cc2)C1. The van der Waals surface area contributed by atoms with Crippen molar-refractivity contribution in [1.29, 1.82) is 0 Å². The predicted octanol–water partition coefficient (Wildman–Crippen LogP) is 3.06. The standard InChI is InChI=1S/C19H30N2O4S2/c1-15-6-5-13-20(14-15)26(22,23)18-9-11-19(12-10-18)27(24,25)21-16(2)7-4-8-17(21)3/h9-12,15-17H,4-8,13-14H2,1-3H3/t15-,16-,17+/m1/s1. The summed E-state index contributed by atoms with van der Waals surface area (Å²) < 4.78 is 55.0. The fourth-order valence-electron chi connectivity index (χ4n) is 4.29. The Kier molecular flexibility index (Phi) is 6.01. The van der Waals surface area contributed by atoms with Gasteiger partial charge < -0.3 is 0 Å². The van der Waals surface area contributed by atoms with E-state index in [1.54, 1.807) is 4.31 Å². The molecule has 8 heteroatoms. The summed E-state index contributed by atoms with van der Waals surface area (Å²) in [5.41, 5.74) is 0. The number of piperidine rings is 2. The normalized spacial score (nSPS) is 28.9. The van der Waals surface area contributed by atoms with Crippen LogP contribution in [0.4, 0.5) is 0 Å². The molecular formula is C19H30N2O4S2. The van der Waals surface area contributed by atoms with Crippen LogP contribution in [0.1, 0.15) is 52.9 Å². The minimum Gasteiger partial charge on any atom is -0.207 e. The third kappa shape index (κ3) is 4.09. The Labute approximate surface area is 163 Å². The summed E-state index contributed by atoms with van der Waals surface area (Å²) in [6.07, 6.45) is 4.62. The lowest BCUT2D eigenvalue weighted by Gasteiger charge is -2.37. The molecule has 0 bridgehead atoms. The van der Waals surface area contributed by atoms with E-state index in [4.69, 9.17) is 0 Å². The molecule has 1 aromatic carbocycles. The molecule has 0 spiro atoms. The average molecular weight is 415 g/mol. The van der Waals surface area contributed by atoms with Gasteiger partial charge in [0.1, 0.15) is 0 Å². The van der Waals surface area contributed by atoms with E-state index in [-0.39, 0.29) is 21.9 Å². The molecular weight excluding hydrogens is 384 g/mol. The zero-order valence-corrected chi connectivity index (χ0v) is 18.0. The van der Waals surface area contributed by atoms with E-state index in [2.05, 4.69) is 6.92 Å². The second-order valence-electron chi connectivity index (χ2n) is 8.05. The van der Waals surface area contributed by atoms with Crippen LogP contribution >= 0.6 is 0 Å². The summed E-state index contributed by atoms with van der Waals surface area (Å²) >= 11 is 0. The van der Waals surface area contributed by atoms with Crippen molar-refractivity contribution in [3.8, 4) is 0 Å². The fraction of sp³-hybridized carbons (Fsp3) is 0.684. The van der Waals surface area contributed by atoms with Gasteiger partial charge in [0.15, 0.2) is 0 Å². The first-order valence-electron chi connectivity index (χ1n) is 9.78. The molecule has 2 aliphatic heterocycles. The van der Waals surface area contributed by atoms with Crippen LogP contribution in [0.5, 0.6) is 0 Å². The highest BCUT2D eigenvalue weighted by molar-refractivity contribution is 7.89. The number of hydrogen-bond donors (Lipinski definition) is 0. The van der Waals surface area contributed by atoms with Crippen LogP contribution in [-0.2, 0) is 20.0 Å². The van der Waals surface area contributed by atoms with Gasteiger partial charge in [-0.3, -0.25) is 0 Å². The van der Waals surface area contributed by atoms with Gasteiger partial charge >= 0.3 is 0 Å². The van der Waals surface area contributed by atoms with Crippen molar-refractivity contribution in [2.45, 2.75) is 74.7 Å². The first kappa shape index (κ1) is 20.8. The largest absolute Gasteiger partial charge is 0.243 e. The molecule has 2 aliphatic rings. The Balaban J connectivity index is 1.86. The molecule has 0 aromatic heterocycles. The van der Waals surface area contributed by atoms with Crippen LogP contribution < -0.4 is 0 Å². The van der Waals surface area contributed by atoms with Gasteiger partial charge in [0.25, 0.3) is 0 Å². The molecule has 6 nitrogen and oxygen atoms in total. The van der Waals surface area contributed by atoms with Gasteiger partial charge in [-0.15, -0.1) is 0 Å². The lowest BCUT2D eigenvalue weighted by Crippen LogP contribution is -2.47. The Morgan fingerprint density at radius 2 is 1.30 bits per heavy atom. The highest BCUT2D eigenvalue weighted by Crippen LogP contribution is 2.30. The summed E-state index contributed by atoms with van der Waals surface area (Å²) in [7, 11) is -7.21. The molecule has 0 aliphatic carbocycles. The molecule has 0 amide bonds. The van der Waals surface area contributed by atoms with E-state index in [0.29, 0.717) is 19.0 Å². The van der Waals surface area contributed by atoms with Crippen molar-refractivity contribution in [2.75, 3.05) is 13.1 Å². The molecule has 0 unspecified atom stereocenters. The Morgan fingerprint density at radius 3 is 1.81 bits per heavy atom. The van der Waals surface area contributed by atoms with E-state index in [1.165, 1.54) is 28.6 Å². The molecule has 0 N–H and O–H groups in total. The third-order valence-corrected chi connectivity index (χ3v) is 9.79. The van der Waals surface area contributed by atoms with Crippen molar-refractivity contribution in [3.63, 3.8) is 0 Å². The summed E-state index contributed by atoms with van der Waals surface area (Å²) in [6, 6.07) is 5.64. The first-order valence-corrected chi connectivity index (χ1v) is 12.7. The van der Waals surface area contributed by atoms with Crippen molar-refractivity contribution in [3.05, 3.63) is 24.3 Å². The minimum absolute atomic E-state index is 0.0444. The van der Waals surface area contributed by atoms with Crippen molar-refractivity contribution >= 4 is 20.0 Å². The maximum atomic E-state index is 13.1. The monoisotopic (exact) mass is 414 g/mol. The van der Waals surface area contributed by atoms with Crippen molar-refractivity contribution in [1.82, 2.24) is 8.61 Å². The number of nitrogens with zero attached hydrogens (tertiary/aromatic N) is 2. The molecule has 2 saturated heterocycles. The number of sulfonamides is 2. The smallest absolute Gasteiger partial charge is 0.207 e. The summed E-state index contributed by atoms with van der Waals surface area (Å²) in [4.78, 5) is 0.323. The third-order valence-electron chi connectivity index (χ3n) is 5.77. The zero-order chi connectivity index (χ0) is 19.8. The second-order valence-corrected chi connectivity index (χ2v) is 11.8. The van der Waals surface area contributed by atoms with Gasteiger partial charge in [-0.05, 0) is 69.7 Å². The highest BCUT2D eigenvalue weighted by atomic mass is 32.2. The van der Waals surface area contributed by atoms with E-state index in [9.17, 15) is 16.8 Å². The summed E-state index contributed by atoms with van der Waals surface area (Å²) in [5.74, 6) is 0.343. The maximum Gasteiger partial charge on any atom is 0.243 e. The van der Waals surface area contributed by atoms with Crippen LogP contribution in [0.2, 0.25) is 0 Å². The summed E-state index contributed by atoms with van der Waals surface area (Å²) in [6.45, 7) is 6.96. The lowest BCUT2D eigenvalue weighted by atomic mass is 10.0. The van der Waals surface area contributed by atoms with E-state index in [0.717, 1.165) is 32.1 Å². The fourth-order valence-corrected chi connectivity index (χ4v) is 7.77. The van der Waals surface area contributed by atoms with Gasteiger partial charge in [0.2, 0.25) is 20.0 Å². The van der Waals surface area contributed by atoms with Crippen LogP contribution in [0, 0.1) is 5.92 Å². The lowest BCUT2D eigenvalue weighted by molar-refractivity contribution is 0.204. The van der Waals surface area contributed by atoms with E-state index in [1.807, 2.05) is 13.8 Å². The van der Waals surface area contributed by atoms with Crippen molar-refractivity contribution < 1.29 is 16.8 Å². The number of benzene rings is 1. The Hall–Kier alpha value is -0.960. The molecule has 3 rings (SSSR count). The second kappa shape index (κ2) is 7.81. The summed E-state index contributed by atoms with van der Waals surface area (Å²) in [5, 5.41) is 0. The quantitative estimate of drug-likeness (QED) is 0.759. The molecule has 3 atom stereocenters. The van der Waals surface area contributed by atoms with Crippen LogP contribution in [0.15, 0.2) is 34.1 Å². The Bertz CT molecular complexity index is 855. The molecule has 1 aromatic rings. The minimum atomic E-state index is -3.63. The van der Waals surface area contributed by atoms with Gasteiger partial charge in [-0.1, -0.05) is 13.3 Å². The van der Waals surface area contributed by atoms with Crippen LogP contribution in [0.25, 0.3) is 0 Å². The van der Waals surface area contributed by atoms with Gasteiger partial charge in [-0.25, -0.2) is 16.8 Å². The van der Waals surface area contributed by atoms with Gasteiger partial charge in [-0.2, -0.15) is 8.61 Å². The number of rotatable bonds is 4. The van der Waals surface area contributed by atoms with Crippen LogP contribution in [0.3, 0.4) is 0 Å². The zero-order valence-electron chi connectivity index (χ0n) is 16.3. The topological polar surface area (TPSA) is 74.8 Å². The van der Waals surface area contributed by atoms with Crippen molar-refractivity contribution in [2.24, 2.45) is 5.92 Å². The molecule has 2 heterocycles. The average Bonchev–Trinajstić information content (AvgIpc) is 2.61. The van der Waals surface area contributed by atoms with Gasteiger partial charge in [0, 0.05) is 25.2 Å².